The molecule has 0 bridgehead atoms. The lowest BCUT2D eigenvalue weighted by molar-refractivity contribution is -0.109. The van der Waals surface area contributed by atoms with Gasteiger partial charge in [-0.15, -0.1) is 11.3 Å². The van der Waals surface area contributed by atoms with Gasteiger partial charge in [0.1, 0.15) is 11.3 Å². The summed E-state index contributed by atoms with van der Waals surface area (Å²) in [6.07, 6.45) is 8.10. The van der Waals surface area contributed by atoms with E-state index in [0.29, 0.717) is 6.42 Å². The molecule has 0 radical (unpaired) electrons. The number of rotatable bonds is 4. The van der Waals surface area contributed by atoms with Gasteiger partial charge in [-0.25, -0.2) is 4.98 Å². The molecule has 1 atom stereocenters. The van der Waals surface area contributed by atoms with Gasteiger partial charge >= 0.3 is 0 Å². The van der Waals surface area contributed by atoms with E-state index in [-0.39, 0.29) is 5.92 Å². The molecule has 3 nitrogen and oxygen atoms in total. The SMILES string of the molecule is O=CC(Cc1ccccn1)c1nc2c(s1)CCCC2. The zero-order chi connectivity index (χ0) is 13.1. The molecule has 98 valence electrons. The van der Waals surface area contributed by atoms with Gasteiger partial charge in [-0.3, -0.25) is 4.98 Å². The highest BCUT2D eigenvalue weighted by molar-refractivity contribution is 7.12. The van der Waals surface area contributed by atoms with E-state index in [2.05, 4.69) is 9.97 Å². The summed E-state index contributed by atoms with van der Waals surface area (Å²) < 4.78 is 0. The van der Waals surface area contributed by atoms with Gasteiger partial charge < -0.3 is 4.79 Å². The third-order valence-electron chi connectivity index (χ3n) is 3.50. The summed E-state index contributed by atoms with van der Waals surface area (Å²) in [6, 6.07) is 5.81. The topological polar surface area (TPSA) is 42.9 Å². The lowest BCUT2D eigenvalue weighted by Gasteiger charge is -2.06. The van der Waals surface area contributed by atoms with Crippen molar-refractivity contribution in [2.24, 2.45) is 0 Å². The van der Waals surface area contributed by atoms with Gasteiger partial charge in [-0.05, 0) is 37.8 Å². The number of aldehydes is 1. The van der Waals surface area contributed by atoms with Crippen molar-refractivity contribution in [2.75, 3.05) is 0 Å². The molecule has 4 heteroatoms. The van der Waals surface area contributed by atoms with Crippen LogP contribution in [0, 0.1) is 0 Å². The number of pyridine rings is 1. The summed E-state index contributed by atoms with van der Waals surface area (Å²) in [4.78, 5) is 21.7. The lowest BCUT2D eigenvalue weighted by Crippen LogP contribution is -2.06. The maximum absolute atomic E-state index is 11.4. The van der Waals surface area contributed by atoms with Crippen molar-refractivity contribution >= 4 is 17.6 Å². The minimum absolute atomic E-state index is 0.148. The number of hydrogen-bond donors (Lipinski definition) is 0. The maximum atomic E-state index is 11.4. The van der Waals surface area contributed by atoms with Crippen LogP contribution in [0.15, 0.2) is 24.4 Å². The molecule has 2 aromatic heterocycles. The van der Waals surface area contributed by atoms with Crippen LogP contribution < -0.4 is 0 Å². The van der Waals surface area contributed by atoms with Crippen molar-refractivity contribution in [3.8, 4) is 0 Å². The number of thiazole rings is 1. The van der Waals surface area contributed by atoms with E-state index in [0.717, 1.165) is 29.8 Å². The fourth-order valence-corrected chi connectivity index (χ4v) is 3.68. The first-order valence-corrected chi connectivity index (χ1v) is 7.52. The minimum Gasteiger partial charge on any atom is -0.303 e. The number of aromatic nitrogens is 2. The van der Waals surface area contributed by atoms with E-state index in [1.165, 1.54) is 23.4 Å². The van der Waals surface area contributed by atoms with Gasteiger partial charge in [0.25, 0.3) is 0 Å². The summed E-state index contributed by atoms with van der Waals surface area (Å²) in [5.74, 6) is -0.148. The van der Waals surface area contributed by atoms with Gasteiger partial charge in [0.15, 0.2) is 0 Å². The fraction of sp³-hybridized carbons (Fsp3) is 0.400. The first-order valence-electron chi connectivity index (χ1n) is 6.70. The summed E-state index contributed by atoms with van der Waals surface area (Å²) >= 11 is 1.72. The van der Waals surface area contributed by atoms with E-state index in [1.54, 1.807) is 17.5 Å². The first-order chi connectivity index (χ1) is 9.36. The highest BCUT2D eigenvalue weighted by Crippen LogP contribution is 2.31. The molecule has 0 amide bonds. The second-order valence-electron chi connectivity index (χ2n) is 4.90. The molecule has 0 N–H and O–H groups in total. The Balaban J connectivity index is 1.82. The largest absolute Gasteiger partial charge is 0.303 e. The Kier molecular flexibility index (Phi) is 3.69. The second-order valence-corrected chi connectivity index (χ2v) is 6.01. The van der Waals surface area contributed by atoms with E-state index >= 15 is 0 Å². The van der Waals surface area contributed by atoms with Crippen LogP contribution in [0.4, 0.5) is 0 Å². The number of fused-ring (bicyclic) bond motifs is 1. The van der Waals surface area contributed by atoms with Gasteiger partial charge in [-0.2, -0.15) is 0 Å². The van der Waals surface area contributed by atoms with Crippen LogP contribution in [0.5, 0.6) is 0 Å². The molecule has 1 unspecified atom stereocenters. The van der Waals surface area contributed by atoms with Crippen LogP contribution in [0.3, 0.4) is 0 Å². The van der Waals surface area contributed by atoms with Crippen LogP contribution in [-0.4, -0.2) is 16.3 Å². The van der Waals surface area contributed by atoms with Crippen LogP contribution in [-0.2, 0) is 24.1 Å². The Bertz CT molecular complexity index is 541. The number of carbonyl (C=O) groups is 1. The molecular weight excluding hydrogens is 256 g/mol. The average molecular weight is 272 g/mol. The first kappa shape index (κ1) is 12.5. The standard InChI is InChI=1S/C15H16N2OS/c18-10-11(9-12-5-3-4-8-16-12)15-17-13-6-1-2-7-14(13)19-15/h3-5,8,10-11H,1-2,6-7,9H2. The number of aryl methyl sites for hydroxylation is 2. The Labute approximate surface area is 116 Å². The zero-order valence-corrected chi connectivity index (χ0v) is 11.5. The Morgan fingerprint density at radius 1 is 1.32 bits per heavy atom. The molecule has 3 rings (SSSR count). The van der Waals surface area contributed by atoms with Crippen LogP contribution >= 0.6 is 11.3 Å². The number of nitrogens with zero attached hydrogens (tertiary/aromatic N) is 2. The number of hydrogen-bond acceptors (Lipinski definition) is 4. The van der Waals surface area contributed by atoms with Gasteiger partial charge in [0.2, 0.25) is 0 Å². The Morgan fingerprint density at radius 3 is 2.95 bits per heavy atom. The van der Waals surface area contributed by atoms with E-state index in [4.69, 9.17) is 0 Å². The smallest absolute Gasteiger partial charge is 0.130 e. The minimum atomic E-state index is -0.148. The molecule has 0 fully saturated rings. The van der Waals surface area contributed by atoms with Crippen molar-refractivity contribution in [1.82, 2.24) is 9.97 Å². The number of carbonyl (C=O) groups excluding carboxylic acids is 1. The molecule has 0 aromatic carbocycles. The molecular formula is C15H16N2OS. The Hall–Kier alpha value is -1.55. The molecule has 2 heterocycles. The molecule has 1 aliphatic carbocycles. The van der Waals surface area contributed by atoms with Crippen molar-refractivity contribution in [2.45, 2.75) is 38.0 Å². The van der Waals surface area contributed by atoms with Gasteiger partial charge in [0, 0.05) is 23.2 Å². The van der Waals surface area contributed by atoms with Crippen molar-refractivity contribution in [3.05, 3.63) is 45.7 Å². The van der Waals surface area contributed by atoms with E-state index < -0.39 is 0 Å². The predicted molar refractivity (Wildman–Crippen MR) is 75.5 cm³/mol. The summed E-state index contributed by atoms with van der Waals surface area (Å²) in [7, 11) is 0. The van der Waals surface area contributed by atoms with Crippen LogP contribution in [0.25, 0.3) is 0 Å². The van der Waals surface area contributed by atoms with Crippen molar-refractivity contribution in [3.63, 3.8) is 0 Å². The van der Waals surface area contributed by atoms with Gasteiger partial charge in [0.05, 0.1) is 11.6 Å². The molecule has 0 spiro atoms. The fourth-order valence-electron chi connectivity index (χ4n) is 2.47. The monoisotopic (exact) mass is 272 g/mol. The molecule has 0 saturated heterocycles. The van der Waals surface area contributed by atoms with Gasteiger partial charge in [-0.1, -0.05) is 6.07 Å². The predicted octanol–water partition coefficient (Wildman–Crippen LogP) is 2.94. The second kappa shape index (κ2) is 5.61. The summed E-state index contributed by atoms with van der Waals surface area (Å²) in [5.41, 5.74) is 2.17. The summed E-state index contributed by atoms with van der Waals surface area (Å²) in [5, 5.41) is 0.965. The van der Waals surface area contributed by atoms with E-state index in [9.17, 15) is 4.79 Å². The third-order valence-corrected chi connectivity index (χ3v) is 4.79. The molecule has 1 aliphatic rings. The third kappa shape index (κ3) is 2.73. The maximum Gasteiger partial charge on any atom is 0.130 e. The molecule has 0 saturated carbocycles. The van der Waals surface area contributed by atoms with E-state index in [1.807, 2.05) is 18.2 Å². The zero-order valence-electron chi connectivity index (χ0n) is 10.7. The summed E-state index contributed by atoms with van der Waals surface area (Å²) in [6.45, 7) is 0. The highest BCUT2D eigenvalue weighted by Gasteiger charge is 2.21. The van der Waals surface area contributed by atoms with Crippen molar-refractivity contribution in [1.29, 1.82) is 0 Å². The van der Waals surface area contributed by atoms with Crippen LogP contribution in [0.1, 0.15) is 40.0 Å². The molecule has 19 heavy (non-hydrogen) atoms. The van der Waals surface area contributed by atoms with Crippen LogP contribution in [0.2, 0.25) is 0 Å². The quantitative estimate of drug-likeness (QED) is 0.804. The average Bonchev–Trinajstić information content (AvgIpc) is 2.89. The Morgan fingerprint density at radius 2 is 2.21 bits per heavy atom. The lowest BCUT2D eigenvalue weighted by atomic mass is 10.0. The highest BCUT2D eigenvalue weighted by atomic mass is 32.1. The molecule has 0 aliphatic heterocycles. The van der Waals surface area contributed by atoms with Crippen molar-refractivity contribution < 1.29 is 4.79 Å². The molecule has 2 aromatic rings. The normalized spacial score (nSPS) is 15.8.